The van der Waals surface area contributed by atoms with Gasteiger partial charge in [-0.25, -0.2) is 14.2 Å². The van der Waals surface area contributed by atoms with E-state index in [1.54, 1.807) is 4.72 Å². The number of nitrogens with zero attached hydrogens (tertiary/aromatic N) is 1. The van der Waals surface area contributed by atoms with Crippen molar-refractivity contribution < 1.29 is 22.8 Å². The molecule has 8 nitrogen and oxygen atoms in total. The summed E-state index contributed by atoms with van der Waals surface area (Å²) >= 11 is 0. The molecule has 0 atom stereocenters. The molecule has 13 heavy (non-hydrogen) atoms. The summed E-state index contributed by atoms with van der Waals surface area (Å²) in [6.45, 7) is 0. The summed E-state index contributed by atoms with van der Waals surface area (Å²) in [5.74, 6) is -0.103. The van der Waals surface area contributed by atoms with Gasteiger partial charge in [-0.1, -0.05) is 5.16 Å². The van der Waals surface area contributed by atoms with Gasteiger partial charge in [0.05, 0.1) is 0 Å². The number of amides is 1. The van der Waals surface area contributed by atoms with E-state index in [0.29, 0.717) is 0 Å². The first-order chi connectivity index (χ1) is 5.99. The number of anilines is 1. The monoisotopic (exact) mass is 207 g/mol. The van der Waals surface area contributed by atoms with Crippen LogP contribution in [0.1, 0.15) is 0 Å². The molecule has 1 rings (SSSR count). The van der Waals surface area contributed by atoms with Crippen LogP contribution in [0.3, 0.4) is 0 Å². The van der Waals surface area contributed by atoms with Crippen molar-refractivity contribution in [2.75, 3.05) is 4.72 Å². The zero-order chi connectivity index (χ0) is 9.90. The number of rotatable bonds is 3. The molecule has 1 amide bonds. The molecule has 0 aromatic carbocycles. The van der Waals surface area contributed by atoms with E-state index in [4.69, 9.17) is 5.11 Å². The Bertz CT molecular complexity index is 382. The predicted molar refractivity (Wildman–Crippen MR) is 40.2 cm³/mol. The van der Waals surface area contributed by atoms with Gasteiger partial charge in [0, 0.05) is 6.07 Å². The average molecular weight is 207 g/mol. The van der Waals surface area contributed by atoms with E-state index in [1.807, 2.05) is 0 Å². The van der Waals surface area contributed by atoms with Crippen molar-refractivity contribution in [3.05, 3.63) is 12.3 Å². The van der Waals surface area contributed by atoms with E-state index in [0.717, 1.165) is 6.26 Å². The minimum atomic E-state index is -4.13. The Kier molecular flexibility index (Phi) is 2.37. The van der Waals surface area contributed by atoms with Crippen molar-refractivity contribution in [2.24, 2.45) is 0 Å². The third-order valence-electron chi connectivity index (χ3n) is 0.898. The number of carbonyl (C=O) groups is 1. The van der Waals surface area contributed by atoms with Crippen molar-refractivity contribution in [2.45, 2.75) is 0 Å². The Morgan fingerprint density at radius 1 is 1.62 bits per heavy atom. The van der Waals surface area contributed by atoms with Gasteiger partial charge in [-0.3, -0.25) is 0 Å². The smallest absolute Gasteiger partial charge is 0.419 e. The van der Waals surface area contributed by atoms with Crippen LogP contribution in [0.5, 0.6) is 0 Å². The van der Waals surface area contributed by atoms with Crippen LogP contribution in [-0.2, 0) is 10.2 Å². The topological polar surface area (TPSA) is 122 Å². The standard InChI is InChI=1S/C4H5N3O5S/c8-4(9)7-13(10,11)6-3-1-2-12-5-3/h1-2,7H,(H,5,6)(H,8,9). The quantitative estimate of drug-likeness (QED) is 0.619. The first-order valence-electron chi connectivity index (χ1n) is 2.93. The van der Waals surface area contributed by atoms with Crippen LogP contribution < -0.4 is 9.44 Å². The molecule has 0 spiro atoms. The van der Waals surface area contributed by atoms with Crippen molar-refractivity contribution in [3.63, 3.8) is 0 Å². The van der Waals surface area contributed by atoms with Crippen molar-refractivity contribution in [1.29, 1.82) is 0 Å². The molecule has 0 aliphatic rings. The first kappa shape index (κ1) is 9.32. The summed E-state index contributed by atoms with van der Waals surface area (Å²) in [4.78, 5) is 9.97. The van der Waals surface area contributed by atoms with Gasteiger partial charge < -0.3 is 9.63 Å². The summed E-state index contributed by atoms with van der Waals surface area (Å²) in [6.07, 6.45) is -0.547. The van der Waals surface area contributed by atoms with Crippen molar-refractivity contribution >= 4 is 22.1 Å². The number of nitrogens with one attached hydrogen (secondary N) is 2. The molecule has 9 heteroatoms. The number of aromatic nitrogens is 1. The predicted octanol–water partition coefficient (Wildman–Crippen LogP) is -0.401. The molecule has 0 unspecified atom stereocenters. The van der Waals surface area contributed by atoms with Crippen LogP contribution in [0.15, 0.2) is 16.9 Å². The maximum absolute atomic E-state index is 10.8. The minimum absolute atomic E-state index is 0.103. The fraction of sp³-hybridized carbons (Fsp3) is 0. The Morgan fingerprint density at radius 2 is 2.31 bits per heavy atom. The lowest BCUT2D eigenvalue weighted by molar-refractivity contribution is 0.201. The van der Waals surface area contributed by atoms with Crippen molar-refractivity contribution in [1.82, 2.24) is 9.88 Å². The summed E-state index contributed by atoms with van der Waals surface area (Å²) in [5.41, 5.74) is 0. The minimum Gasteiger partial charge on any atom is -0.464 e. The third-order valence-corrected chi connectivity index (χ3v) is 1.82. The molecule has 0 aliphatic carbocycles. The second-order valence-corrected chi connectivity index (χ2v) is 3.31. The maximum Gasteiger partial charge on any atom is 0.419 e. The lowest BCUT2D eigenvalue weighted by atomic mass is 10.7. The van der Waals surface area contributed by atoms with Crippen LogP contribution >= 0.6 is 0 Å². The lowest BCUT2D eigenvalue weighted by Crippen LogP contribution is -2.34. The molecule has 0 bridgehead atoms. The molecule has 72 valence electrons. The zero-order valence-electron chi connectivity index (χ0n) is 6.09. The second-order valence-electron chi connectivity index (χ2n) is 1.90. The van der Waals surface area contributed by atoms with Crippen LogP contribution in [0.25, 0.3) is 0 Å². The fourth-order valence-electron chi connectivity index (χ4n) is 0.543. The molecule has 3 N–H and O–H groups in total. The first-order valence-corrected chi connectivity index (χ1v) is 4.42. The summed E-state index contributed by atoms with van der Waals surface area (Å²) in [6, 6.07) is 1.22. The Hall–Kier alpha value is -1.77. The molecule has 1 heterocycles. The van der Waals surface area contributed by atoms with Gasteiger partial charge in [0.25, 0.3) is 0 Å². The molecular weight excluding hydrogens is 202 g/mol. The fourth-order valence-corrected chi connectivity index (χ4v) is 1.20. The molecule has 0 saturated heterocycles. The molecule has 0 fully saturated rings. The van der Waals surface area contributed by atoms with Gasteiger partial charge in [-0.2, -0.15) is 8.42 Å². The van der Waals surface area contributed by atoms with Crippen LogP contribution in [-0.4, -0.2) is 24.8 Å². The van der Waals surface area contributed by atoms with Gasteiger partial charge in [0.2, 0.25) is 0 Å². The van der Waals surface area contributed by atoms with E-state index >= 15 is 0 Å². The zero-order valence-corrected chi connectivity index (χ0v) is 6.91. The molecule has 1 aromatic rings. The van der Waals surface area contributed by atoms with E-state index < -0.39 is 16.3 Å². The Labute approximate surface area is 72.7 Å². The maximum atomic E-state index is 10.8. The number of hydrogen-bond donors (Lipinski definition) is 3. The normalized spacial score (nSPS) is 10.8. The summed E-state index contributed by atoms with van der Waals surface area (Å²) in [7, 11) is -4.13. The van der Waals surface area contributed by atoms with Gasteiger partial charge in [-0.05, 0) is 0 Å². The highest BCUT2D eigenvalue weighted by atomic mass is 32.2. The largest absolute Gasteiger partial charge is 0.464 e. The van der Waals surface area contributed by atoms with Gasteiger partial charge >= 0.3 is 16.3 Å². The van der Waals surface area contributed by atoms with E-state index in [1.165, 1.54) is 10.8 Å². The number of carboxylic acid groups (broad SMARTS) is 1. The number of hydrogen-bond acceptors (Lipinski definition) is 5. The highest BCUT2D eigenvalue weighted by Crippen LogP contribution is 2.02. The van der Waals surface area contributed by atoms with Crippen LogP contribution in [0, 0.1) is 0 Å². The van der Waals surface area contributed by atoms with Crippen LogP contribution in [0.2, 0.25) is 0 Å². The van der Waals surface area contributed by atoms with E-state index in [9.17, 15) is 13.2 Å². The molecule has 0 radical (unpaired) electrons. The van der Waals surface area contributed by atoms with E-state index in [2.05, 4.69) is 9.68 Å². The summed E-state index contributed by atoms with van der Waals surface area (Å²) < 4.78 is 29.0. The van der Waals surface area contributed by atoms with Crippen molar-refractivity contribution in [3.8, 4) is 0 Å². The summed E-state index contributed by atoms with van der Waals surface area (Å²) in [5, 5.41) is 11.3. The van der Waals surface area contributed by atoms with Gasteiger partial charge in [-0.15, -0.1) is 0 Å². The van der Waals surface area contributed by atoms with Crippen LogP contribution in [0.4, 0.5) is 10.6 Å². The van der Waals surface area contributed by atoms with Gasteiger partial charge in [0.1, 0.15) is 6.26 Å². The lowest BCUT2D eigenvalue weighted by Gasteiger charge is -2.02. The molecule has 0 aliphatic heterocycles. The molecule has 1 aromatic heterocycles. The second kappa shape index (κ2) is 3.31. The highest BCUT2D eigenvalue weighted by Gasteiger charge is 2.13. The molecule has 0 saturated carbocycles. The average Bonchev–Trinajstić information content (AvgIpc) is 2.34. The van der Waals surface area contributed by atoms with Gasteiger partial charge in [0.15, 0.2) is 5.82 Å². The molecular formula is C4H5N3O5S. The van der Waals surface area contributed by atoms with E-state index in [-0.39, 0.29) is 5.82 Å². The Morgan fingerprint density at radius 3 is 2.77 bits per heavy atom. The third kappa shape index (κ3) is 2.99. The highest BCUT2D eigenvalue weighted by molar-refractivity contribution is 7.91. The Balaban J connectivity index is 2.68. The SMILES string of the molecule is O=C(O)NS(=O)(=O)Nc1ccon1.